The van der Waals surface area contributed by atoms with E-state index >= 15 is 0 Å². The van der Waals surface area contributed by atoms with Crippen molar-refractivity contribution >= 4 is 11.8 Å². The molecular formula is C19H29N3O2. The van der Waals surface area contributed by atoms with E-state index < -0.39 is 0 Å². The number of nitrogens with zero attached hydrogens (tertiary/aromatic N) is 1. The zero-order valence-corrected chi connectivity index (χ0v) is 14.9. The Kier molecular flexibility index (Phi) is 6.37. The van der Waals surface area contributed by atoms with Crippen LogP contribution in [0.4, 0.5) is 0 Å². The molecule has 0 bridgehead atoms. The van der Waals surface area contributed by atoms with Gasteiger partial charge >= 0.3 is 0 Å². The lowest BCUT2D eigenvalue weighted by Gasteiger charge is -2.20. The summed E-state index contributed by atoms with van der Waals surface area (Å²) in [4.78, 5) is 26.0. The molecule has 1 aliphatic rings. The van der Waals surface area contributed by atoms with Gasteiger partial charge in [-0.25, -0.2) is 0 Å². The van der Waals surface area contributed by atoms with Crippen molar-refractivity contribution in [2.45, 2.75) is 45.7 Å². The molecule has 1 aliphatic carbocycles. The highest BCUT2D eigenvalue weighted by molar-refractivity contribution is 5.94. The van der Waals surface area contributed by atoms with E-state index in [2.05, 4.69) is 5.32 Å². The van der Waals surface area contributed by atoms with Crippen molar-refractivity contribution < 1.29 is 9.59 Å². The number of nitrogens with one attached hydrogen (secondary N) is 1. The number of nitrogens with two attached hydrogens (primary N) is 1. The molecular weight excluding hydrogens is 302 g/mol. The summed E-state index contributed by atoms with van der Waals surface area (Å²) >= 11 is 0. The van der Waals surface area contributed by atoms with Crippen LogP contribution in [0.15, 0.2) is 24.3 Å². The van der Waals surface area contributed by atoms with Gasteiger partial charge < -0.3 is 16.0 Å². The summed E-state index contributed by atoms with van der Waals surface area (Å²) < 4.78 is 0. The standard InChI is InChI=1S/C19H29N3O2/c1-13(2)19(24)22(3)12-14-7-9-15(10-8-14)18(23)21-17-6-4-5-16(17)11-20/h7-10,13,16-17H,4-6,11-12,20H2,1-3H3,(H,21,23). The fraction of sp³-hybridized carbons (Fsp3) is 0.579. The zero-order chi connectivity index (χ0) is 17.7. The van der Waals surface area contributed by atoms with Crippen molar-refractivity contribution in [2.75, 3.05) is 13.6 Å². The number of carbonyl (C=O) groups is 2. The van der Waals surface area contributed by atoms with Crippen LogP contribution in [0, 0.1) is 11.8 Å². The van der Waals surface area contributed by atoms with Crippen molar-refractivity contribution in [3.05, 3.63) is 35.4 Å². The number of carbonyl (C=O) groups excluding carboxylic acids is 2. The first kappa shape index (κ1) is 18.5. The normalized spacial score (nSPS) is 20.2. The first-order valence-electron chi connectivity index (χ1n) is 8.77. The highest BCUT2D eigenvalue weighted by Gasteiger charge is 2.27. The van der Waals surface area contributed by atoms with Gasteiger partial charge in [0.1, 0.15) is 0 Å². The molecule has 2 amide bonds. The van der Waals surface area contributed by atoms with E-state index in [9.17, 15) is 9.59 Å². The fourth-order valence-corrected chi connectivity index (χ4v) is 3.31. The Morgan fingerprint density at radius 1 is 1.25 bits per heavy atom. The van der Waals surface area contributed by atoms with Crippen molar-refractivity contribution in [3.8, 4) is 0 Å². The Balaban J connectivity index is 1.93. The van der Waals surface area contributed by atoms with Crippen LogP contribution in [0.25, 0.3) is 0 Å². The molecule has 0 spiro atoms. The minimum atomic E-state index is -0.0430. The van der Waals surface area contributed by atoms with E-state index in [0.29, 0.717) is 24.6 Å². The second kappa shape index (κ2) is 8.29. The maximum atomic E-state index is 12.4. The quantitative estimate of drug-likeness (QED) is 0.839. The average Bonchev–Trinajstić information content (AvgIpc) is 3.01. The summed E-state index contributed by atoms with van der Waals surface area (Å²) in [6, 6.07) is 7.66. The van der Waals surface area contributed by atoms with Crippen molar-refractivity contribution in [1.82, 2.24) is 10.2 Å². The molecule has 5 nitrogen and oxygen atoms in total. The Labute approximate surface area is 144 Å². The third-order valence-electron chi connectivity index (χ3n) is 4.78. The molecule has 0 saturated heterocycles. The lowest BCUT2D eigenvalue weighted by Crippen LogP contribution is -2.39. The van der Waals surface area contributed by atoms with Crippen LogP contribution in [-0.2, 0) is 11.3 Å². The maximum absolute atomic E-state index is 12.4. The van der Waals surface area contributed by atoms with Gasteiger partial charge in [-0.05, 0) is 43.0 Å². The lowest BCUT2D eigenvalue weighted by atomic mass is 10.0. The second-order valence-electron chi connectivity index (χ2n) is 7.05. The number of hydrogen-bond donors (Lipinski definition) is 2. The molecule has 2 rings (SSSR count). The van der Waals surface area contributed by atoms with Crippen LogP contribution < -0.4 is 11.1 Å². The Hall–Kier alpha value is -1.88. The number of amides is 2. The Morgan fingerprint density at radius 3 is 2.50 bits per heavy atom. The van der Waals surface area contributed by atoms with Crippen molar-refractivity contribution in [3.63, 3.8) is 0 Å². The molecule has 1 aromatic carbocycles. The Morgan fingerprint density at radius 2 is 1.92 bits per heavy atom. The topological polar surface area (TPSA) is 75.4 Å². The third-order valence-corrected chi connectivity index (χ3v) is 4.78. The minimum Gasteiger partial charge on any atom is -0.349 e. The largest absolute Gasteiger partial charge is 0.349 e. The van der Waals surface area contributed by atoms with E-state index in [1.807, 2.05) is 38.1 Å². The first-order chi connectivity index (χ1) is 11.4. The molecule has 0 aliphatic heterocycles. The molecule has 2 unspecified atom stereocenters. The molecule has 24 heavy (non-hydrogen) atoms. The molecule has 1 aromatic rings. The van der Waals surface area contributed by atoms with Crippen LogP contribution >= 0.6 is 0 Å². The van der Waals surface area contributed by atoms with E-state index in [-0.39, 0.29) is 23.8 Å². The van der Waals surface area contributed by atoms with E-state index in [4.69, 9.17) is 5.73 Å². The zero-order valence-electron chi connectivity index (χ0n) is 14.9. The fourth-order valence-electron chi connectivity index (χ4n) is 3.31. The van der Waals surface area contributed by atoms with Gasteiger partial charge in [-0.2, -0.15) is 0 Å². The van der Waals surface area contributed by atoms with Crippen LogP contribution in [0.2, 0.25) is 0 Å². The summed E-state index contributed by atoms with van der Waals surface area (Å²) in [5.74, 6) is 0.454. The van der Waals surface area contributed by atoms with E-state index in [1.54, 1.807) is 11.9 Å². The molecule has 0 radical (unpaired) electrons. The summed E-state index contributed by atoms with van der Waals surface area (Å²) in [5.41, 5.74) is 7.44. The third kappa shape index (κ3) is 4.57. The van der Waals surface area contributed by atoms with E-state index in [0.717, 1.165) is 24.8 Å². The van der Waals surface area contributed by atoms with Crippen molar-refractivity contribution in [2.24, 2.45) is 17.6 Å². The minimum absolute atomic E-state index is 0.0121. The summed E-state index contributed by atoms with van der Waals surface area (Å²) in [6.07, 6.45) is 3.23. The lowest BCUT2D eigenvalue weighted by molar-refractivity contribution is -0.133. The molecule has 0 aromatic heterocycles. The SMILES string of the molecule is CC(C)C(=O)N(C)Cc1ccc(C(=O)NC2CCCC2CN)cc1. The number of rotatable bonds is 6. The molecule has 0 heterocycles. The average molecular weight is 331 g/mol. The van der Waals surface area contributed by atoms with Crippen LogP contribution in [0.1, 0.15) is 49.0 Å². The predicted octanol–water partition coefficient (Wildman–Crippen LogP) is 2.16. The highest BCUT2D eigenvalue weighted by Crippen LogP contribution is 2.24. The number of hydrogen-bond acceptors (Lipinski definition) is 3. The van der Waals surface area contributed by atoms with Gasteiger partial charge in [0.25, 0.3) is 5.91 Å². The van der Waals surface area contributed by atoms with Gasteiger partial charge in [-0.1, -0.05) is 32.4 Å². The predicted molar refractivity (Wildman–Crippen MR) is 95.4 cm³/mol. The molecule has 1 fully saturated rings. The van der Waals surface area contributed by atoms with Crippen LogP contribution in [0.5, 0.6) is 0 Å². The van der Waals surface area contributed by atoms with Crippen LogP contribution in [0.3, 0.4) is 0 Å². The maximum Gasteiger partial charge on any atom is 0.251 e. The molecule has 132 valence electrons. The molecule has 2 atom stereocenters. The van der Waals surface area contributed by atoms with Crippen LogP contribution in [-0.4, -0.2) is 36.3 Å². The van der Waals surface area contributed by atoms with Gasteiger partial charge in [0.2, 0.25) is 5.91 Å². The van der Waals surface area contributed by atoms with E-state index in [1.165, 1.54) is 0 Å². The first-order valence-corrected chi connectivity index (χ1v) is 8.77. The van der Waals surface area contributed by atoms with Gasteiger partial charge in [0.15, 0.2) is 0 Å². The van der Waals surface area contributed by atoms with Gasteiger partial charge in [0.05, 0.1) is 0 Å². The molecule has 1 saturated carbocycles. The second-order valence-corrected chi connectivity index (χ2v) is 7.05. The highest BCUT2D eigenvalue weighted by atomic mass is 16.2. The number of benzene rings is 1. The Bertz CT molecular complexity index is 568. The molecule has 5 heteroatoms. The monoisotopic (exact) mass is 331 g/mol. The molecule has 3 N–H and O–H groups in total. The van der Waals surface area contributed by atoms with Gasteiger partial charge in [-0.15, -0.1) is 0 Å². The van der Waals surface area contributed by atoms with Gasteiger partial charge in [-0.3, -0.25) is 9.59 Å². The summed E-state index contributed by atoms with van der Waals surface area (Å²) in [7, 11) is 1.80. The van der Waals surface area contributed by atoms with Gasteiger partial charge in [0, 0.05) is 31.1 Å². The van der Waals surface area contributed by atoms with Crippen molar-refractivity contribution in [1.29, 1.82) is 0 Å². The smallest absolute Gasteiger partial charge is 0.251 e. The summed E-state index contributed by atoms with van der Waals surface area (Å²) in [6.45, 7) is 4.96. The summed E-state index contributed by atoms with van der Waals surface area (Å²) in [5, 5.41) is 3.11.